The van der Waals surface area contributed by atoms with E-state index in [0.29, 0.717) is 26.2 Å². The number of carbonyl (C=O) groups excluding carboxylic acids is 3. The number of hydrogen-bond acceptors (Lipinski definition) is 4. The Labute approximate surface area is 106 Å². The quantitative estimate of drug-likeness (QED) is 0.610. The number of nitrogens with zero attached hydrogens (tertiary/aromatic N) is 2. The summed E-state index contributed by atoms with van der Waals surface area (Å²) in [5.41, 5.74) is 5.32. The first-order chi connectivity index (χ1) is 8.43. The van der Waals surface area contributed by atoms with Crippen molar-refractivity contribution in [3.8, 4) is 0 Å². The summed E-state index contributed by atoms with van der Waals surface area (Å²) in [4.78, 5) is 37.5. The number of rotatable bonds is 3. The van der Waals surface area contributed by atoms with Gasteiger partial charge in [0.05, 0.1) is 12.5 Å². The smallest absolute Gasteiger partial charge is 0.233 e. The average Bonchev–Trinajstić information content (AvgIpc) is 2.51. The van der Waals surface area contributed by atoms with Crippen LogP contribution in [0, 0.1) is 5.92 Å². The standard InChI is InChI=1S/C11H20N4O3/c1-8(16)15-4-3-14(7-10(17)13-2)5-9(6-15)11(12)18/h9H,3-7H2,1-2H3,(H2,12,18)(H,13,17)/t9-/m1/s1. The summed E-state index contributed by atoms with van der Waals surface area (Å²) in [6, 6.07) is 0. The van der Waals surface area contributed by atoms with E-state index in [4.69, 9.17) is 5.73 Å². The van der Waals surface area contributed by atoms with Crippen molar-refractivity contribution in [2.75, 3.05) is 39.8 Å². The molecule has 1 fully saturated rings. The van der Waals surface area contributed by atoms with Gasteiger partial charge in [-0.05, 0) is 0 Å². The Balaban J connectivity index is 2.71. The van der Waals surface area contributed by atoms with Gasteiger partial charge in [0.2, 0.25) is 17.7 Å². The van der Waals surface area contributed by atoms with Crippen molar-refractivity contribution < 1.29 is 14.4 Å². The summed E-state index contributed by atoms with van der Waals surface area (Å²) < 4.78 is 0. The van der Waals surface area contributed by atoms with E-state index in [1.807, 2.05) is 4.90 Å². The molecule has 0 bridgehead atoms. The van der Waals surface area contributed by atoms with Gasteiger partial charge in [0.1, 0.15) is 0 Å². The molecule has 7 heteroatoms. The van der Waals surface area contributed by atoms with Crippen LogP contribution in [-0.2, 0) is 14.4 Å². The molecule has 18 heavy (non-hydrogen) atoms. The number of primary amides is 1. The predicted octanol–water partition coefficient (Wildman–Crippen LogP) is -2.00. The molecule has 1 atom stereocenters. The molecule has 0 radical (unpaired) electrons. The van der Waals surface area contributed by atoms with E-state index in [9.17, 15) is 14.4 Å². The Bertz CT molecular complexity index is 345. The second-order valence-electron chi connectivity index (χ2n) is 4.47. The van der Waals surface area contributed by atoms with Gasteiger partial charge in [-0.25, -0.2) is 0 Å². The first kappa shape index (κ1) is 14.4. The fraction of sp³-hybridized carbons (Fsp3) is 0.727. The number of hydrogen-bond donors (Lipinski definition) is 2. The molecular formula is C11H20N4O3. The largest absolute Gasteiger partial charge is 0.369 e. The van der Waals surface area contributed by atoms with Gasteiger partial charge < -0.3 is 16.0 Å². The molecule has 1 aliphatic heterocycles. The molecule has 3 amide bonds. The average molecular weight is 256 g/mol. The molecule has 3 N–H and O–H groups in total. The monoisotopic (exact) mass is 256 g/mol. The van der Waals surface area contributed by atoms with Crippen molar-refractivity contribution >= 4 is 17.7 Å². The minimum atomic E-state index is -0.440. The van der Waals surface area contributed by atoms with Gasteiger partial charge in [-0.2, -0.15) is 0 Å². The number of amides is 3. The Morgan fingerprint density at radius 2 is 1.94 bits per heavy atom. The summed E-state index contributed by atoms with van der Waals surface area (Å²) >= 11 is 0. The van der Waals surface area contributed by atoms with Gasteiger partial charge in [-0.3, -0.25) is 19.3 Å². The Hall–Kier alpha value is -1.63. The van der Waals surface area contributed by atoms with E-state index in [0.717, 1.165) is 0 Å². The van der Waals surface area contributed by atoms with E-state index < -0.39 is 11.8 Å². The van der Waals surface area contributed by atoms with Gasteiger partial charge in [-0.1, -0.05) is 0 Å². The van der Waals surface area contributed by atoms with Gasteiger partial charge in [-0.15, -0.1) is 0 Å². The van der Waals surface area contributed by atoms with Crippen molar-refractivity contribution in [1.29, 1.82) is 0 Å². The number of nitrogens with one attached hydrogen (secondary N) is 1. The topological polar surface area (TPSA) is 95.7 Å². The van der Waals surface area contributed by atoms with Crippen LogP contribution in [0.15, 0.2) is 0 Å². The Morgan fingerprint density at radius 1 is 1.28 bits per heavy atom. The summed E-state index contributed by atoms with van der Waals surface area (Å²) in [6.45, 7) is 3.49. The summed E-state index contributed by atoms with van der Waals surface area (Å²) in [7, 11) is 1.56. The third-order valence-corrected chi connectivity index (χ3v) is 3.10. The highest BCUT2D eigenvalue weighted by atomic mass is 16.2. The third-order valence-electron chi connectivity index (χ3n) is 3.10. The fourth-order valence-electron chi connectivity index (χ4n) is 1.97. The molecule has 0 aromatic heterocycles. The molecule has 0 aromatic rings. The van der Waals surface area contributed by atoms with E-state index in [1.165, 1.54) is 6.92 Å². The normalized spacial score (nSPS) is 21.2. The van der Waals surface area contributed by atoms with Gasteiger partial charge >= 0.3 is 0 Å². The molecule has 0 saturated carbocycles. The van der Waals surface area contributed by atoms with Crippen LogP contribution < -0.4 is 11.1 Å². The lowest BCUT2D eigenvalue weighted by Crippen LogP contribution is -2.41. The molecule has 0 unspecified atom stereocenters. The van der Waals surface area contributed by atoms with Crippen molar-refractivity contribution in [1.82, 2.24) is 15.1 Å². The van der Waals surface area contributed by atoms with Crippen LogP contribution in [0.4, 0.5) is 0 Å². The third kappa shape index (κ3) is 3.99. The Morgan fingerprint density at radius 3 is 2.44 bits per heavy atom. The van der Waals surface area contributed by atoms with Crippen molar-refractivity contribution in [3.05, 3.63) is 0 Å². The van der Waals surface area contributed by atoms with Crippen LogP contribution in [-0.4, -0.2) is 67.3 Å². The minimum absolute atomic E-state index is 0.0805. The van der Waals surface area contributed by atoms with Crippen LogP contribution >= 0.6 is 0 Å². The maximum atomic E-state index is 11.4. The summed E-state index contributed by atoms with van der Waals surface area (Å²) in [5.74, 6) is -1.07. The zero-order valence-corrected chi connectivity index (χ0v) is 10.8. The number of carbonyl (C=O) groups is 3. The highest BCUT2D eigenvalue weighted by molar-refractivity contribution is 5.80. The summed E-state index contributed by atoms with van der Waals surface area (Å²) in [6.07, 6.45) is 0. The van der Waals surface area contributed by atoms with E-state index in [2.05, 4.69) is 5.32 Å². The van der Waals surface area contributed by atoms with Crippen molar-refractivity contribution in [2.24, 2.45) is 11.7 Å². The molecule has 0 spiro atoms. The maximum Gasteiger partial charge on any atom is 0.233 e. The van der Waals surface area contributed by atoms with E-state index in [1.54, 1.807) is 11.9 Å². The molecule has 1 heterocycles. The molecule has 1 rings (SSSR count). The highest BCUT2D eigenvalue weighted by Crippen LogP contribution is 2.09. The number of nitrogens with two attached hydrogens (primary N) is 1. The lowest BCUT2D eigenvalue weighted by Gasteiger charge is -2.21. The van der Waals surface area contributed by atoms with Crippen LogP contribution in [0.1, 0.15) is 6.92 Å². The molecule has 0 aliphatic carbocycles. The van der Waals surface area contributed by atoms with Gasteiger partial charge in [0.25, 0.3) is 0 Å². The SMILES string of the molecule is CNC(=O)CN1CCN(C(C)=O)C[C@H](C(N)=O)C1. The van der Waals surface area contributed by atoms with Gasteiger partial charge in [0, 0.05) is 40.2 Å². The highest BCUT2D eigenvalue weighted by Gasteiger charge is 2.28. The number of likely N-dealkylation sites (N-methyl/N-ethyl adjacent to an activating group) is 1. The Kier molecular flexibility index (Phi) is 5.08. The van der Waals surface area contributed by atoms with Crippen molar-refractivity contribution in [2.45, 2.75) is 6.92 Å². The zero-order valence-electron chi connectivity index (χ0n) is 10.8. The summed E-state index contributed by atoms with van der Waals surface area (Å²) in [5, 5.41) is 2.53. The fourth-order valence-corrected chi connectivity index (χ4v) is 1.97. The van der Waals surface area contributed by atoms with E-state index >= 15 is 0 Å². The van der Waals surface area contributed by atoms with Crippen LogP contribution in [0.3, 0.4) is 0 Å². The van der Waals surface area contributed by atoms with Crippen molar-refractivity contribution in [3.63, 3.8) is 0 Å². The van der Waals surface area contributed by atoms with E-state index in [-0.39, 0.29) is 18.4 Å². The van der Waals surface area contributed by atoms with Gasteiger partial charge in [0.15, 0.2) is 0 Å². The molecule has 1 saturated heterocycles. The van der Waals surface area contributed by atoms with Crippen LogP contribution in [0.5, 0.6) is 0 Å². The molecule has 1 aliphatic rings. The first-order valence-electron chi connectivity index (χ1n) is 5.91. The predicted molar refractivity (Wildman–Crippen MR) is 65.4 cm³/mol. The molecule has 0 aromatic carbocycles. The van der Waals surface area contributed by atoms with Crippen LogP contribution in [0.25, 0.3) is 0 Å². The maximum absolute atomic E-state index is 11.4. The molecule has 102 valence electrons. The second-order valence-corrected chi connectivity index (χ2v) is 4.47. The molecule has 7 nitrogen and oxygen atoms in total. The lowest BCUT2D eigenvalue weighted by atomic mass is 10.1. The van der Waals surface area contributed by atoms with Crippen LogP contribution in [0.2, 0.25) is 0 Å². The second kappa shape index (κ2) is 6.34. The zero-order chi connectivity index (χ0) is 13.7. The molecular weight excluding hydrogens is 236 g/mol. The lowest BCUT2D eigenvalue weighted by molar-refractivity contribution is -0.130. The first-order valence-corrected chi connectivity index (χ1v) is 5.91. The minimum Gasteiger partial charge on any atom is -0.369 e.